The molecule has 0 spiro atoms. The fraction of sp³-hybridized carbons (Fsp3) is 0.571. The normalized spacial score (nSPS) is 27.5. The Hall–Kier alpha value is -2.18. The quantitative estimate of drug-likeness (QED) is 0.479. The highest BCUT2D eigenvalue weighted by molar-refractivity contribution is 5.80. The number of anilines is 1. The van der Waals surface area contributed by atoms with Crippen molar-refractivity contribution in [1.29, 1.82) is 0 Å². The van der Waals surface area contributed by atoms with Crippen molar-refractivity contribution in [2.45, 2.75) is 19.3 Å². The molecule has 1 aliphatic carbocycles. The first-order valence-corrected chi connectivity index (χ1v) is 7.01. The molecule has 2 unspecified atom stereocenters. The van der Waals surface area contributed by atoms with E-state index in [1.165, 1.54) is 13.2 Å². The Balaban J connectivity index is 1.94. The molecule has 1 saturated carbocycles. The SMILES string of the molecule is COC(=O)C12CCCC1CN(c1ncccc1[N+](=O)[O-])C2. The number of hydrogen-bond donors (Lipinski definition) is 0. The van der Waals surface area contributed by atoms with Gasteiger partial charge in [0.1, 0.15) is 0 Å². The van der Waals surface area contributed by atoms with E-state index in [0.29, 0.717) is 18.9 Å². The lowest BCUT2D eigenvalue weighted by molar-refractivity contribution is -0.384. The van der Waals surface area contributed by atoms with E-state index >= 15 is 0 Å². The fourth-order valence-corrected chi connectivity index (χ4v) is 3.76. The number of esters is 1. The molecule has 1 aromatic rings. The summed E-state index contributed by atoms with van der Waals surface area (Å²) < 4.78 is 4.98. The summed E-state index contributed by atoms with van der Waals surface area (Å²) >= 11 is 0. The van der Waals surface area contributed by atoms with E-state index in [1.807, 2.05) is 4.90 Å². The molecule has 112 valence electrons. The van der Waals surface area contributed by atoms with Gasteiger partial charge in [0.25, 0.3) is 0 Å². The predicted octanol–water partition coefficient (Wildman–Crippen LogP) is 1.77. The molecule has 7 heteroatoms. The van der Waals surface area contributed by atoms with E-state index in [9.17, 15) is 14.9 Å². The smallest absolute Gasteiger partial charge is 0.313 e. The molecule has 7 nitrogen and oxygen atoms in total. The van der Waals surface area contributed by atoms with Crippen LogP contribution in [0.4, 0.5) is 11.5 Å². The summed E-state index contributed by atoms with van der Waals surface area (Å²) in [4.78, 5) is 28.9. The number of aromatic nitrogens is 1. The number of hydrogen-bond acceptors (Lipinski definition) is 6. The van der Waals surface area contributed by atoms with Gasteiger partial charge in [0.05, 0.1) is 17.4 Å². The lowest BCUT2D eigenvalue weighted by Crippen LogP contribution is -2.37. The molecule has 3 rings (SSSR count). The molecular formula is C14H17N3O4. The van der Waals surface area contributed by atoms with Gasteiger partial charge in [0, 0.05) is 25.4 Å². The van der Waals surface area contributed by atoms with Crippen molar-refractivity contribution < 1.29 is 14.5 Å². The molecule has 0 amide bonds. The van der Waals surface area contributed by atoms with E-state index in [1.54, 1.807) is 12.3 Å². The fourth-order valence-electron chi connectivity index (χ4n) is 3.76. The maximum absolute atomic E-state index is 12.2. The largest absolute Gasteiger partial charge is 0.469 e. The second-order valence-corrected chi connectivity index (χ2v) is 5.72. The molecule has 2 heterocycles. The molecule has 0 bridgehead atoms. The topological polar surface area (TPSA) is 85.6 Å². The highest BCUT2D eigenvalue weighted by Gasteiger charge is 2.56. The van der Waals surface area contributed by atoms with Crippen LogP contribution in [0.1, 0.15) is 19.3 Å². The van der Waals surface area contributed by atoms with Gasteiger partial charge in [-0.3, -0.25) is 14.9 Å². The second-order valence-electron chi connectivity index (χ2n) is 5.72. The van der Waals surface area contributed by atoms with Crippen LogP contribution in [-0.2, 0) is 9.53 Å². The zero-order chi connectivity index (χ0) is 15.0. The van der Waals surface area contributed by atoms with Gasteiger partial charge >= 0.3 is 11.7 Å². The summed E-state index contributed by atoms with van der Waals surface area (Å²) in [6, 6.07) is 3.00. The molecule has 0 aromatic carbocycles. The Morgan fingerprint density at radius 2 is 2.43 bits per heavy atom. The third-order valence-corrected chi connectivity index (χ3v) is 4.72. The van der Waals surface area contributed by atoms with Crippen LogP contribution >= 0.6 is 0 Å². The Labute approximate surface area is 122 Å². The van der Waals surface area contributed by atoms with Gasteiger partial charge in [-0.25, -0.2) is 4.98 Å². The third-order valence-electron chi connectivity index (χ3n) is 4.72. The Kier molecular flexibility index (Phi) is 3.27. The van der Waals surface area contributed by atoms with Gasteiger partial charge in [-0.15, -0.1) is 0 Å². The van der Waals surface area contributed by atoms with E-state index in [2.05, 4.69) is 4.98 Å². The van der Waals surface area contributed by atoms with Crippen molar-refractivity contribution in [2.75, 3.05) is 25.1 Å². The minimum absolute atomic E-state index is 0.0162. The molecule has 21 heavy (non-hydrogen) atoms. The average molecular weight is 291 g/mol. The van der Waals surface area contributed by atoms with Gasteiger partial charge in [-0.05, 0) is 24.8 Å². The Morgan fingerprint density at radius 1 is 1.62 bits per heavy atom. The molecule has 2 fully saturated rings. The lowest BCUT2D eigenvalue weighted by Gasteiger charge is -2.25. The van der Waals surface area contributed by atoms with Crippen LogP contribution in [0.3, 0.4) is 0 Å². The van der Waals surface area contributed by atoms with Crippen molar-refractivity contribution >= 4 is 17.5 Å². The first-order chi connectivity index (χ1) is 10.1. The van der Waals surface area contributed by atoms with Crippen LogP contribution in [0.5, 0.6) is 0 Å². The number of ether oxygens (including phenoxy) is 1. The van der Waals surface area contributed by atoms with Crippen molar-refractivity contribution in [3.05, 3.63) is 28.4 Å². The van der Waals surface area contributed by atoms with Crippen LogP contribution in [-0.4, -0.2) is 36.1 Å². The van der Waals surface area contributed by atoms with Gasteiger partial charge in [-0.2, -0.15) is 0 Å². The van der Waals surface area contributed by atoms with Crippen molar-refractivity contribution in [1.82, 2.24) is 4.98 Å². The summed E-state index contributed by atoms with van der Waals surface area (Å²) in [5.74, 6) is 0.331. The highest BCUT2D eigenvalue weighted by atomic mass is 16.6. The van der Waals surface area contributed by atoms with Gasteiger partial charge in [-0.1, -0.05) is 6.42 Å². The third kappa shape index (κ3) is 2.03. The van der Waals surface area contributed by atoms with E-state index < -0.39 is 10.3 Å². The molecule has 1 aliphatic heterocycles. The summed E-state index contributed by atoms with van der Waals surface area (Å²) in [6.45, 7) is 1.06. The van der Waals surface area contributed by atoms with Crippen LogP contribution in [0.25, 0.3) is 0 Å². The first-order valence-electron chi connectivity index (χ1n) is 7.01. The van der Waals surface area contributed by atoms with Gasteiger partial charge in [0.2, 0.25) is 5.82 Å². The maximum atomic E-state index is 12.2. The van der Waals surface area contributed by atoms with Gasteiger partial charge < -0.3 is 9.64 Å². The van der Waals surface area contributed by atoms with Gasteiger partial charge in [0.15, 0.2) is 0 Å². The Bertz CT molecular complexity index is 591. The van der Waals surface area contributed by atoms with Crippen molar-refractivity contribution in [3.63, 3.8) is 0 Å². The Morgan fingerprint density at radius 3 is 3.14 bits per heavy atom. The predicted molar refractivity (Wildman–Crippen MR) is 74.9 cm³/mol. The first kappa shape index (κ1) is 13.8. The minimum Gasteiger partial charge on any atom is -0.469 e. The molecule has 1 aromatic heterocycles. The number of nitrogens with zero attached hydrogens (tertiary/aromatic N) is 3. The van der Waals surface area contributed by atoms with Crippen LogP contribution in [0, 0.1) is 21.4 Å². The summed E-state index contributed by atoms with van der Waals surface area (Å²) in [7, 11) is 1.40. The van der Waals surface area contributed by atoms with E-state index in [0.717, 1.165) is 19.3 Å². The molecule has 2 atom stereocenters. The van der Waals surface area contributed by atoms with Crippen LogP contribution in [0.15, 0.2) is 18.3 Å². The van der Waals surface area contributed by atoms with Crippen molar-refractivity contribution in [2.24, 2.45) is 11.3 Å². The number of fused-ring (bicyclic) bond motifs is 1. The molecule has 2 aliphatic rings. The van der Waals surface area contributed by atoms with Crippen LogP contribution in [0.2, 0.25) is 0 Å². The summed E-state index contributed by atoms with van der Waals surface area (Å²) in [6.07, 6.45) is 4.27. The summed E-state index contributed by atoms with van der Waals surface area (Å²) in [5.41, 5.74) is -0.544. The molecule has 1 saturated heterocycles. The number of pyridine rings is 1. The van der Waals surface area contributed by atoms with E-state index in [-0.39, 0.29) is 17.6 Å². The standard InChI is InChI=1S/C14H17N3O4/c1-21-13(18)14-6-2-4-10(14)8-16(9-14)12-11(17(19)20)5-3-7-15-12/h3,5,7,10H,2,4,6,8-9H2,1H3. The number of carbonyl (C=O) groups excluding carboxylic acids is 1. The lowest BCUT2D eigenvalue weighted by atomic mass is 9.81. The molecular weight excluding hydrogens is 274 g/mol. The zero-order valence-corrected chi connectivity index (χ0v) is 11.8. The second kappa shape index (κ2) is 4.98. The zero-order valence-electron chi connectivity index (χ0n) is 11.8. The van der Waals surface area contributed by atoms with Crippen LogP contribution < -0.4 is 4.90 Å². The molecule has 0 radical (unpaired) electrons. The molecule has 0 N–H and O–H groups in total. The number of carbonyl (C=O) groups is 1. The highest BCUT2D eigenvalue weighted by Crippen LogP contribution is 2.50. The number of methoxy groups -OCH3 is 1. The minimum atomic E-state index is -0.528. The van der Waals surface area contributed by atoms with Crippen molar-refractivity contribution in [3.8, 4) is 0 Å². The monoisotopic (exact) mass is 291 g/mol. The number of rotatable bonds is 3. The maximum Gasteiger partial charge on any atom is 0.313 e. The number of nitro groups is 1. The van der Waals surface area contributed by atoms with E-state index in [4.69, 9.17) is 4.74 Å². The average Bonchev–Trinajstić information content (AvgIpc) is 3.04. The summed E-state index contributed by atoms with van der Waals surface area (Å²) in [5, 5.41) is 11.1.